The summed E-state index contributed by atoms with van der Waals surface area (Å²) in [5.41, 5.74) is 3.31. The topological polar surface area (TPSA) is 71.4 Å². The minimum atomic E-state index is -0.195. The van der Waals surface area contributed by atoms with Gasteiger partial charge in [-0.1, -0.05) is 31.0 Å². The molecule has 0 saturated carbocycles. The van der Waals surface area contributed by atoms with E-state index in [1.54, 1.807) is 32.4 Å². The van der Waals surface area contributed by atoms with E-state index in [0.717, 1.165) is 24.0 Å². The predicted molar refractivity (Wildman–Crippen MR) is 105 cm³/mol. The summed E-state index contributed by atoms with van der Waals surface area (Å²) < 4.78 is 10.8. The van der Waals surface area contributed by atoms with Crippen molar-refractivity contribution in [2.24, 2.45) is 0 Å². The predicted octanol–water partition coefficient (Wildman–Crippen LogP) is 4.68. The molecule has 0 aliphatic carbocycles. The van der Waals surface area contributed by atoms with Crippen LogP contribution in [0.3, 0.4) is 0 Å². The summed E-state index contributed by atoms with van der Waals surface area (Å²) in [5.74, 6) is 1.03. The van der Waals surface area contributed by atoms with Gasteiger partial charge in [-0.25, -0.2) is 0 Å². The number of halogens is 1. The van der Waals surface area contributed by atoms with Crippen LogP contribution in [0.2, 0.25) is 5.02 Å². The highest BCUT2D eigenvalue weighted by Gasteiger charge is 2.16. The Kier molecular flexibility index (Phi) is 6.64. The van der Waals surface area contributed by atoms with E-state index in [-0.39, 0.29) is 5.91 Å². The van der Waals surface area contributed by atoms with Crippen LogP contribution in [0.25, 0.3) is 0 Å². The molecule has 0 atom stereocenters. The van der Waals surface area contributed by atoms with E-state index in [1.807, 2.05) is 12.1 Å². The maximum absolute atomic E-state index is 11.2. The van der Waals surface area contributed by atoms with E-state index in [9.17, 15) is 4.79 Å². The van der Waals surface area contributed by atoms with Crippen LogP contribution in [0.1, 0.15) is 37.0 Å². The molecule has 0 spiro atoms. The number of carbonyl (C=O) groups excluding carboxylic acids is 1. The highest BCUT2D eigenvalue weighted by Crippen LogP contribution is 2.33. The molecule has 0 bridgehead atoms. The fraction of sp³-hybridized carbons (Fsp3) is 0.300. The van der Waals surface area contributed by atoms with Crippen LogP contribution < -0.4 is 14.8 Å². The first-order chi connectivity index (χ1) is 12.4. The number of benzene rings is 2. The van der Waals surface area contributed by atoms with Gasteiger partial charge in [0.25, 0.3) is 0 Å². The number of carbonyl (C=O) groups is 1. The van der Waals surface area contributed by atoms with Crippen LogP contribution in [-0.4, -0.2) is 25.8 Å². The maximum Gasteiger partial charge on any atom is 0.221 e. The SMILES string of the molecule is CCCc1cc(OC)c(OC)cc1C(=N)c1ccc(NC(C)=O)c(Cl)c1. The second kappa shape index (κ2) is 8.72. The zero-order valence-corrected chi connectivity index (χ0v) is 16.2. The van der Waals surface area contributed by atoms with Crippen molar-refractivity contribution in [1.82, 2.24) is 0 Å². The molecule has 6 heteroatoms. The van der Waals surface area contributed by atoms with E-state index in [4.69, 9.17) is 26.5 Å². The van der Waals surface area contributed by atoms with Crippen molar-refractivity contribution in [3.05, 3.63) is 52.0 Å². The molecule has 0 aliphatic rings. The molecular weight excluding hydrogens is 352 g/mol. The molecule has 0 fully saturated rings. The summed E-state index contributed by atoms with van der Waals surface area (Å²) in [6, 6.07) is 8.89. The Bertz CT molecular complexity index is 834. The van der Waals surface area contributed by atoms with Gasteiger partial charge < -0.3 is 14.8 Å². The number of anilines is 1. The van der Waals surface area contributed by atoms with E-state index < -0.39 is 0 Å². The monoisotopic (exact) mass is 374 g/mol. The fourth-order valence-corrected chi connectivity index (χ4v) is 2.97. The lowest BCUT2D eigenvalue weighted by Gasteiger charge is -2.16. The largest absolute Gasteiger partial charge is 0.493 e. The van der Waals surface area contributed by atoms with Crippen molar-refractivity contribution in [1.29, 1.82) is 5.41 Å². The molecule has 0 heterocycles. The van der Waals surface area contributed by atoms with E-state index >= 15 is 0 Å². The third kappa shape index (κ3) is 4.35. The van der Waals surface area contributed by atoms with E-state index in [2.05, 4.69) is 12.2 Å². The minimum Gasteiger partial charge on any atom is -0.493 e. The van der Waals surface area contributed by atoms with E-state index in [1.165, 1.54) is 6.92 Å². The van der Waals surface area contributed by atoms with Gasteiger partial charge >= 0.3 is 0 Å². The van der Waals surface area contributed by atoms with Crippen molar-refractivity contribution in [2.45, 2.75) is 26.7 Å². The van der Waals surface area contributed by atoms with Crippen molar-refractivity contribution >= 4 is 28.9 Å². The highest BCUT2D eigenvalue weighted by atomic mass is 35.5. The number of rotatable bonds is 7. The summed E-state index contributed by atoms with van der Waals surface area (Å²) >= 11 is 6.26. The Morgan fingerprint density at radius 2 is 1.81 bits per heavy atom. The van der Waals surface area contributed by atoms with Crippen LogP contribution in [0.15, 0.2) is 30.3 Å². The molecule has 2 aromatic carbocycles. The molecule has 5 nitrogen and oxygen atoms in total. The average Bonchev–Trinajstić information content (AvgIpc) is 2.62. The first-order valence-electron chi connectivity index (χ1n) is 8.32. The quantitative estimate of drug-likeness (QED) is 0.691. The molecule has 138 valence electrons. The lowest BCUT2D eigenvalue weighted by atomic mass is 9.94. The maximum atomic E-state index is 11.2. The first-order valence-corrected chi connectivity index (χ1v) is 8.70. The Labute approximate surface area is 158 Å². The summed E-state index contributed by atoms with van der Waals surface area (Å²) in [4.78, 5) is 11.2. The molecule has 2 aromatic rings. The van der Waals surface area contributed by atoms with Crippen molar-refractivity contribution in [3.63, 3.8) is 0 Å². The Balaban J connectivity index is 2.48. The Hall–Kier alpha value is -2.53. The van der Waals surface area contributed by atoms with E-state index in [0.29, 0.717) is 33.5 Å². The second-order valence-electron chi connectivity index (χ2n) is 5.87. The van der Waals surface area contributed by atoms with Crippen LogP contribution in [0.4, 0.5) is 5.69 Å². The zero-order valence-electron chi connectivity index (χ0n) is 15.4. The summed E-state index contributed by atoms with van der Waals surface area (Å²) in [5, 5.41) is 11.7. The van der Waals surface area contributed by atoms with Gasteiger partial charge in [-0.3, -0.25) is 10.2 Å². The van der Waals surface area contributed by atoms with Crippen molar-refractivity contribution in [3.8, 4) is 11.5 Å². The number of methoxy groups -OCH3 is 2. The molecule has 2 N–H and O–H groups in total. The van der Waals surface area contributed by atoms with Gasteiger partial charge in [-0.15, -0.1) is 0 Å². The minimum absolute atomic E-state index is 0.195. The summed E-state index contributed by atoms with van der Waals surface area (Å²) in [6.45, 7) is 3.51. The van der Waals surface area contributed by atoms with Crippen LogP contribution in [0.5, 0.6) is 11.5 Å². The number of amides is 1. The molecule has 1 amide bonds. The van der Waals surface area contributed by atoms with Crippen LogP contribution >= 0.6 is 11.6 Å². The molecule has 0 radical (unpaired) electrons. The van der Waals surface area contributed by atoms with Crippen molar-refractivity contribution < 1.29 is 14.3 Å². The zero-order chi connectivity index (χ0) is 19.3. The molecule has 0 aliphatic heterocycles. The normalized spacial score (nSPS) is 10.3. The third-order valence-corrected chi connectivity index (χ3v) is 4.28. The van der Waals surface area contributed by atoms with Gasteiger partial charge in [0.15, 0.2) is 11.5 Å². The van der Waals surface area contributed by atoms with Crippen LogP contribution in [-0.2, 0) is 11.2 Å². The number of hydrogen-bond acceptors (Lipinski definition) is 4. The molecular formula is C20H23ClN2O3. The van der Waals surface area contributed by atoms with Gasteiger partial charge in [-0.2, -0.15) is 0 Å². The molecule has 2 rings (SSSR count). The molecule has 0 aromatic heterocycles. The number of aryl methyl sites for hydroxylation is 1. The van der Waals surface area contributed by atoms with Gasteiger partial charge in [-0.05, 0) is 36.2 Å². The number of hydrogen-bond donors (Lipinski definition) is 2. The second-order valence-corrected chi connectivity index (χ2v) is 6.27. The number of ether oxygens (including phenoxy) is 2. The fourth-order valence-electron chi connectivity index (χ4n) is 2.75. The van der Waals surface area contributed by atoms with Crippen LogP contribution in [0, 0.1) is 5.41 Å². The lowest BCUT2D eigenvalue weighted by Crippen LogP contribution is -2.09. The van der Waals surface area contributed by atoms with Gasteiger partial charge in [0.1, 0.15) is 0 Å². The Morgan fingerprint density at radius 1 is 1.15 bits per heavy atom. The van der Waals surface area contributed by atoms with Crippen molar-refractivity contribution in [2.75, 3.05) is 19.5 Å². The average molecular weight is 375 g/mol. The lowest BCUT2D eigenvalue weighted by molar-refractivity contribution is -0.114. The summed E-state index contributed by atoms with van der Waals surface area (Å²) in [6.07, 6.45) is 1.76. The van der Waals surface area contributed by atoms with Gasteiger partial charge in [0, 0.05) is 18.1 Å². The summed E-state index contributed by atoms with van der Waals surface area (Å²) in [7, 11) is 3.17. The smallest absolute Gasteiger partial charge is 0.221 e. The van der Waals surface area contributed by atoms with Gasteiger partial charge in [0.05, 0.1) is 30.6 Å². The molecule has 0 saturated heterocycles. The third-order valence-electron chi connectivity index (χ3n) is 3.97. The van der Waals surface area contributed by atoms with Gasteiger partial charge in [0.2, 0.25) is 5.91 Å². The number of nitrogens with one attached hydrogen (secondary N) is 2. The first kappa shape index (κ1) is 19.8. The standard InChI is InChI=1S/C20H23ClN2O3/c1-5-6-13-10-18(25-3)19(26-4)11-15(13)20(22)14-7-8-17(16(21)9-14)23-12(2)24/h7-11,22H,5-6H2,1-4H3,(H,23,24). The molecule has 26 heavy (non-hydrogen) atoms. The molecule has 0 unspecified atom stereocenters. The Morgan fingerprint density at radius 3 is 2.35 bits per heavy atom. The highest BCUT2D eigenvalue weighted by molar-refractivity contribution is 6.34.